The molecule has 4 nitrogen and oxygen atoms in total. The summed E-state index contributed by atoms with van der Waals surface area (Å²) in [6, 6.07) is 3.92. The van der Waals surface area contributed by atoms with Crippen LogP contribution in [0.3, 0.4) is 0 Å². The summed E-state index contributed by atoms with van der Waals surface area (Å²) in [4.78, 5) is 10.7. The van der Waals surface area contributed by atoms with Crippen LogP contribution < -0.4 is 5.32 Å². The van der Waals surface area contributed by atoms with E-state index in [0.717, 1.165) is 20.1 Å². The third-order valence-corrected chi connectivity index (χ3v) is 4.25. The molecule has 1 aromatic carbocycles. The van der Waals surface area contributed by atoms with Crippen molar-refractivity contribution < 1.29 is 15.0 Å². The molecule has 0 amide bonds. The summed E-state index contributed by atoms with van der Waals surface area (Å²) in [6.45, 7) is 3.73. The molecule has 1 rings (SSSR count). The van der Waals surface area contributed by atoms with Crippen LogP contribution in [-0.2, 0) is 11.3 Å². The van der Waals surface area contributed by atoms with Gasteiger partial charge in [0.2, 0.25) is 0 Å². The first kappa shape index (κ1) is 15.6. The van der Waals surface area contributed by atoms with E-state index < -0.39 is 11.6 Å². The lowest BCUT2D eigenvalue weighted by atomic mass is 10.1. The molecule has 0 spiro atoms. The van der Waals surface area contributed by atoms with Crippen LogP contribution in [0, 0.1) is 6.92 Å². The van der Waals surface area contributed by atoms with Crippen molar-refractivity contribution in [3.05, 3.63) is 32.2 Å². The largest absolute Gasteiger partial charge is 0.479 e. The highest BCUT2D eigenvalue weighted by Crippen LogP contribution is 2.26. The Kier molecular flexibility index (Phi) is 5.33. The standard InChI is InChI=1S/C12H15Br2NO3/c1-7-9(13)3-8(4-10(7)14)5-15-6-12(2,18)11(16)17/h3-4,15,18H,5-6H2,1-2H3,(H,16,17). The Hall–Kier alpha value is -0.430. The van der Waals surface area contributed by atoms with Crippen molar-refractivity contribution in [1.29, 1.82) is 0 Å². The second kappa shape index (κ2) is 6.14. The van der Waals surface area contributed by atoms with Crippen molar-refractivity contribution >= 4 is 37.8 Å². The summed E-state index contributed by atoms with van der Waals surface area (Å²) in [5.74, 6) is -1.23. The molecule has 6 heteroatoms. The molecule has 0 saturated heterocycles. The Morgan fingerprint density at radius 3 is 2.33 bits per heavy atom. The van der Waals surface area contributed by atoms with Gasteiger partial charge < -0.3 is 15.5 Å². The number of aliphatic hydroxyl groups is 1. The lowest BCUT2D eigenvalue weighted by Crippen LogP contribution is -2.44. The number of carboxylic acids is 1. The highest BCUT2D eigenvalue weighted by atomic mass is 79.9. The summed E-state index contributed by atoms with van der Waals surface area (Å²) in [7, 11) is 0. The summed E-state index contributed by atoms with van der Waals surface area (Å²) < 4.78 is 1.97. The average Bonchev–Trinajstić information content (AvgIpc) is 2.25. The second-order valence-corrected chi connectivity index (χ2v) is 6.08. The van der Waals surface area contributed by atoms with Gasteiger partial charge in [-0.2, -0.15) is 0 Å². The molecule has 3 N–H and O–H groups in total. The van der Waals surface area contributed by atoms with Gasteiger partial charge in [0, 0.05) is 22.0 Å². The van der Waals surface area contributed by atoms with Gasteiger partial charge >= 0.3 is 5.97 Å². The maximum absolute atomic E-state index is 10.7. The molecule has 0 aliphatic rings. The lowest BCUT2D eigenvalue weighted by molar-refractivity contribution is -0.156. The van der Waals surface area contributed by atoms with E-state index >= 15 is 0 Å². The van der Waals surface area contributed by atoms with E-state index in [0.29, 0.717) is 6.54 Å². The van der Waals surface area contributed by atoms with Gasteiger partial charge in [0.05, 0.1) is 0 Å². The van der Waals surface area contributed by atoms with E-state index in [-0.39, 0.29) is 6.54 Å². The fourth-order valence-corrected chi connectivity index (χ4v) is 2.61. The number of carbonyl (C=O) groups is 1. The quantitative estimate of drug-likeness (QED) is 0.733. The zero-order chi connectivity index (χ0) is 13.9. The maximum atomic E-state index is 10.7. The third-order valence-electron chi connectivity index (χ3n) is 2.60. The van der Waals surface area contributed by atoms with Crippen molar-refractivity contribution in [2.24, 2.45) is 0 Å². The van der Waals surface area contributed by atoms with Gasteiger partial charge in [-0.15, -0.1) is 0 Å². The van der Waals surface area contributed by atoms with E-state index in [1.807, 2.05) is 19.1 Å². The minimum absolute atomic E-state index is 0.00848. The van der Waals surface area contributed by atoms with Crippen molar-refractivity contribution in [3.63, 3.8) is 0 Å². The number of carboxylic acid groups (broad SMARTS) is 1. The van der Waals surface area contributed by atoms with E-state index in [4.69, 9.17) is 5.11 Å². The Morgan fingerprint density at radius 1 is 1.39 bits per heavy atom. The van der Waals surface area contributed by atoms with E-state index in [9.17, 15) is 9.90 Å². The minimum atomic E-state index is -1.75. The molecule has 0 heterocycles. The zero-order valence-corrected chi connectivity index (χ0v) is 13.3. The normalized spacial score (nSPS) is 14.3. The first-order valence-corrected chi connectivity index (χ1v) is 6.93. The van der Waals surface area contributed by atoms with Crippen molar-refractivity contribution in [2.75, 3.05) is 6.54 Å². The van der Waals surface area contributed by atoms with Crippen LogP contribution in [0.4, 0.5) is 0 Å². The van der Waals surface area contributed by atoms with Crippen LogP contribution >= 0.6 is 31.9 Å². The summed E-state index contributed by atoms with van der Waals surface area (Å²) in [5.41, 5.74) is 0.357. The molecule has 0 fully saturated rings. The molecule has 1 aromatic rings. The lowest BCUT2D eigenvalue weighted by Gasteiger charge is -2.18. The SMILES string of the molecule is Cc1c(Br)cc(CNCC(C)(O)C(=O)O)cc1Br. The highest BCUT2D eigenvalue weighted by molar-refractivity contribution is 9.11. The molecular formula is C12H15Br2NO3. The number of benzene rings is 1. The predicted molar refractivity (Wildman–Crippen MR) is 76.5 cm³/mol. The molecule has 1 unspecified atom stereocenters. The Balaban J connectivity index is 2.63. The smallest absolute Gasteiger partial charge is 0.336 e. The van der Waals surface area contributed by atoms with E-state index in [2.05, 4.69) is 37.2 Å². The van der Waals surface area contributed by atoms with Crippen LogP contribution in [-0.4, -0.2) is 28.3 Å². The predicted octanol–water partition coefficient (Wildman–Crippen LogP) is 2.45. The van der Waals surface area contributed by atoms with Crippen molar-refractivity contribution in [3.8, 4) is 0 Å². The summed E-state index contributed by atoms with van der Waals surface area (Å²) >= 11 is 6.90. The molecular weight excluding hydrogens is 366 g/mol. The van der Waals surface area contributed by atoms with E-state index in [1.165, 1.54) is 6.92 Å². The zero-order valence-electron chi connectivity index (χ0n) is 10.1. The molecule has 0 radical (unpaired) electrons. The third kappa shape index (κ3) is 4.05. The number of nitrogens with one attached hydrogen (secondary N) is 1. The second-order valence-electron chi connectivity index (χ2n) is 4.37. The molecule has 1 atom stereocenters. The maximum Gasteiger partial charge on any atom is 0.336 e. The van der Waals surface area contributed by atoms with Gasteiger partial charge in [0.1, 0.15) is 0 Å². The van der Waals surface area contributed by atoms with Crippen molar-refractivity contribution in [2.45, 2.75) is 26.0 Å². The minimum Gasteiger partial charge on any atom is -0.479 e. The van der Waals surface area contributed by atoms with Gasteiger partial charge in [0.15, 0.2) is 5.60 Å². The first-order chi connectivity index (χ1) is 8.24. The monoisotopic (exact) mass is 379 g/mol. The number of hydrogen-bond acceptors (Lipinski definition) is 3. The molecule has 0 aliphatic heterocycles. The Labute approximate surface area is 123 Å². The fourth-order valence-electron chi connectivity index (χ4n) is 1.33. The Morgan fingerprint density at radius 2 is 1.89 bits per heavy atom. The van der Waals surface area contributed by atoms with Gasteiger partial charge in [-0.3, -0.25) is 0 Å². The molecule has 0 bridgehead atoms. The summed E-state index contributed by atoms with van der Waals surface area (Å²) in [5, 5.41) is 21.2. The number of halogens is 2. The number of aliphatic carboxylic acids is 1. The van der Waals surface area contributed by atoms with Crippen LogP contribution in [0.1, 0.15) is 18.1 Å². The van der Waals surface area contributed by atoms with Gasteiger partial charge in [-0.25, -0.2) is 4.79 Å². The molecule has 18 heavy (non-hydrogen) atoms. The van der Waals surface area contributed by atoms with Gasteiger partial charge in [-0.1, -0.05) is 31.9 Å². The van der Waals surface area contributed by atoms with Crippen LogP contribution in [0.15, 0.2) is 21.1 Å². The first-order valence-electron chi connectivity index (χ1n) is 5.35. The fraction of sp³-hybridized carbons (Fsp3) is 0.417. The van der Waals surface area contributed by atoms with Crippen LogP contribution in [0.2, 0.25) is 0 Å². The molecule has 0 aliphatic carbocycles. The van der Waals surface area contributed by atoms with E-state index in [1.54, 1.807) is 0 Å². The molecule has 100 valence electrons. The topological polar surface area (TPSA) is 69.6 Å². The van der Waals surface area contributed by atoms with Gasteiger partial charge in [0.25, 0.3) is 0 Å². The number of rotatable bonds is 5. The molecule has 0 saturated carbocycles. The highest BCUT2D eigenvalue weighted by Gasteiger charge is 2.29. The average molecular weight is 381 g/mol. The molecule has 0 aromatic heterocycles. The number of hydrogen-bond donors (Lipinski definition) is 3. The van der Waals surface area contributed by atoms with Crippen LogP contribution in [0.5, 0.6) is 0 Å². The van der Waals surface area contributed by atoms with Crippen molar-refractivity contribution in [1.82, 2.24) is 5.32 Å². The van der Waals surface area contributed by atoms with Crippen LogP contribution in [0.25, 0.3) is 0 Å². The summed E-state index contributed by atoms with van der Waals surface area (Å²) in [6.07, 6.45) is 0. The Bertz CT molecular complexity index is 438. The van der Waals surface area contributed by atoms with Gasteiger partial charge in [-0.05, 0) is 37.1 Å².